The van der Waals surface area contributed by atoms with Crippen molar-refractivity contribution in [3.8, 4) is 0 Å². The molecule has 0 aliphatic rings. The number of hydrogen-bond acceptors (Lipinski definition) is 2. The second-order valence-corrected chi connectivity index (χ2v) is 5.26. The number of hydrogen-bond donors (Lipinski definition) is 2. The number of aromatic nitrogens is 1. The normalized spacial score (nSPS) is 11.1. The minimum Gasteiger partial charge on any atom is -0.361 e. The minimum absolute atomic E-state index is 0.173. The van der Waals surface area contributed by atoms with Crippen molar-refractivity contribution in [2.45, 2.75) is 6.42 Å². The van der Waals surface area contributed by atoms with Crippen LogP contribution < -0.4 is 5.43 Å². The molecule has 3 rings (SSSR count). The van der Waals surface area contributed by atoms with Crippen molar-refractivity contribution in [3.63, 3.8) is 0 Å². The van der Waals surface area contributed by atoms with Gasteiger partial charge in [0.25, 0.3) is 0 Å². The first-order chi connectivity index (χ1) is 10.7. The minimum atomic E-state index is -0.173. The number of benzene rings is 2. The first-order valence-corrected chi connectivity index (χ1v) is 7.23. The van der Waals surface area contributed by atoms with Gasteiger partial charge in [0.2, 0.25) is 5.91 Å². The Morgan fingerprint density at radius 2 is 1.95 bits per heavy atom. The SMILES string of the molecule is O=C(Cc1c[nH]c2ccccc12)N/N=C/c1ccccc1Cl. The maximum absolute atomic E-state index is 12.0. The van der Waals surface area contributed by atoms with Gasteiger partial charge < -0.3 is 4.98 Å². The van der Waals surface area contributed by atoms with Crippen molar-refractivity contribution in [1.82, 2.24) is 10.4 Å². The zero-order valence-electron chi connectivity index (χ0n) is 11.7. The lowest BCUT2D eigenvalue weighted by atomic mass is 10.1. The van der Waals surface area contributed by atoms with E-state index in [-0.39, 0.29) is 12.3 Å². The second kappa shape index (κ2) is 6.45. The number of amides is 1. The van der Waals surface area contributed by atoms with Gasteiger partial charge in [-0.25, -0.2) is 5.43 Å². The Morgan fingerprint density at radius 3 is 2.82 bits per heavy atom. The van der Waals surface area contributed by atoms with E-state index >= 15 is 0 Å². The van der Waals surface area contributed by atoms with Crippen molar-refractivity contribution in [1.29, 1.82) is 0 Å². The molecule has 0 aliphatic heterocycles. The van der Waals surface area contributed by atoms with Gasteiger partial charge in [-0.15, -0.1) is 0 Å². The number of nitrogens with one attached hydrogen (secondary N) is 2. The Bertz CT molecular complexity index is 839. The molecule has 1 amide bonds. The molecule has 2 aromatic carbocycles. The molecule has 1 aromatic heterocycles. The van der Waals surface area contributed by atoms with Crippen LogP contribution in [0.3, 0.4) is 0 Å². The molecule has 110 valence electrons. The molecule has 0 atom stereocenters. The van der Waals surface area contributed by atoms with Gasteiger partial charge >= 0.3 is 0 Å². The van der Waals surface area contributed by atoms with E-state index in [9.17, 15) is 4.79 Å². The topological polar surface area (TPSA) is 57.2 Å². The van der Waals surface area contributed by atoms with Crippen LogP contribution in [-0.4, -0.2) is 17.1 Å². The Labute approximate surface area is 132 Å². The van der Waals surface area contributed by atoms with Gasteiger partial charge in [0.1, 0.15) is 0 Å². The molecule has 0 saturated carbocycles. The van der Waals surface area contributed by atoms with Gasteiger partial charge in [-0.3, -0.25) is 4.79 Å². The maximum Gasteiger partial charge on any atom is 0.244 e. The van der Waals surface area contributed by atoms with Crippen LogP contribution in [0.4, 0.5) is 0 Å². The highest BCUT2D eigenvalue weighted by Gasteiger charge is 2.07. The van der Waals surface area contributed by atoms with E-state index in [1.807, 2.05) is 48.7 Å². The summed E-state index contributed by atoms with van der Waals surface area (Å²) in [5.41, 5.74) is 5.24. The number of H-pyrrole nitrogens is 1. The summed E-state index contributed by atoms with van der Waals surface area (Å²) in [7, 11) is 0. The summed E-state index contributed by atoms with van der Waals surface area (Å²) >= 11 is 6.01. The summed E-state index contributed by atoms with van der Waals surface area (Å²) in [4.78, 5) is 15.1. The van der Waals surface area contributed by atoms with Crippen LogP contribution in [0.5, 0.6) is 0 Å². The smallest absolute Gasteiger partial charge is 0.244 e. The van der Waals surface area contributed by atoms with Crippen LogP contribution >= 0.6 is 11.6 Å². The maximum atomic E-state index is 12.0. The van der Waals surface area contributed by atoms with Crippen molar-refractivity contribution in [3.05, 3.63) is 70.9 Å². The average Bonchev–Trinajstić information content (AvgIpc) is 2.92. The first-order valence-electron chi connectivity index (χ1n) is 6.85. The molecular formula is C17H14ClN3O. The molecular weight excluding hydrogens is 298 g/mol. The van der Waals surface area contributed by atoms with Gasteiger partial charge in [-0.05, 0) is 17.7 Å². The first kappa shape index (κ1) is 14.4. The number of para-hydroxylation sites is 1. The van der Waals surface area contributed by atoms with Crippen molar-refractivity contribution in [2.24, 2.45) is 5.10 Å². The largest absolute Gasteiger partial charge is 0.361 e. The van der Waals surface area contributed by atoms with Crippen LogP contribution in [-0.2, 0) is 11.2 Å². The third-order valence-electron chi connectivity index (χ3n) is 3.32. The Morgan fingerprint density at radius 1 is 1.18 bits per heavy atom. The number of fused-ring (bicyclic) bond motifs is 1. The van der Waals surface area contributed by atoms with Gasteiger partial charge in [0.05, 0.1) is 12.6 Å². The quantitative estimate of drug-likeness (QED) is 0.562. The fourth-order valence-corrected chi connectivity index (χ4v) is 2.43. The number of nitrogens with zero attached hydrogens (tertiary/aromatic N) is 1. The Balaban J connectivity index is 1.65. The molecule has 4 nitrogen and oxygen atoms in total. The fraction of sp³-hybridized carbons (Fsp3) is 0.0588. The molecule has 0 unspecified atom stereocenters. The second-order valence-electron chi connectivity index (χ2n) is 4.85. The highest BCUT2D eigenvalue weighted by Crippen LogP contribution is 2.18. The number of aromatic amines is 1. The predicted octanol–water partition coefficient (Wildman–Crippen LogP) is 3.51. The van der Waals surface area contributed by atoms with E-state index in [4.69, 9.17) is 11.6 Å². The summed E-state index contributed by atoms with van der Waals surface area (Å²) in [6.45, 7) is 0. The Hall–Kier alpha value is -2.59. The lowest BCUT2D eigenvalue weighted by molar-refractivity contribution is -0.120. The van der Waals surface area contributed by atoms with Gasteiger partial charge in [0.15, 0.2) is 0 Å². The van der Waals surface area contributed by atoms with E-state index in [0.29, 0.717) is 5.02 Å². The Kier molecular flexibility index (Phi) is 4.21. The standard InChI is InChI=1S/C17H14ClN3O/c18-15-7-3-1-5-12(15)11-20-21-17(22)9-13-10-19-16-8-4-2-6-14(13)16/h1-8,10-11,19H,9H2,(H,21,22)/b20-11+. The van der Waals surface area contributed by atoms with Crippen molar-refractivity contribution < 1.29 is 4.79 Å². The number of carbonyl (C=O) groups is 1. The number of hydrazone groups is 1. The zero-order valence-corrected chi connectivity index (χ0v) is 12.5. The van der Waals surface area contributed by atoms with Crippen molar-refractivity contribution in [2.75, 3.05) is 0 Å². The highest BCUT2D eigenvalue weighted by molar-refractivity contribution is 6.33. The molecule has 0 saturated heterocycles. The van der Waals surface area contributed by atoms with Gasteiger partial charge in [-0.2, -0.15) is 5.10 Å². The van der Waals surface area contributed by atoms with Crippen LogP contribution in [0.1, 0.15) is 11.1 Å². The van der Waals surface area contributed by atoms with Crippen LogP contribution in [0.2, 0.25) is 5.02 Å². The molecule has 2 N–H and O–H groups in total. The third-order valence-corrected chi connectivity index (χ3v) is 3.67. The number of rotatable bonds is 4. The monoisotopic (exact) mass is 311 g/mol. The van der Waals surface area contributed by atoms with Crippen LogP contribution in [0.25, 0.3) is 10.9 Å². The summed E-state index contributed by atoms with van der Waals surface area (Å²) in [5, 5.41) is 5.59. The molecule has 0 bridgehead atoms. The molecule has 0 radical (unpaired) electrons. The lowest BCUT2D eigenvalue weighted by Gasteiger charge is -2.00. The van der Waals surface area contributed by atoms with E-state index in [1.54, 1.807) is 6.07 Å². The van der Waals surface area contributed by atoms with E-state index in [2.05, 4.69) is 15.5 Å². The van der Waals surface area contributed by atoms with Crippen LogP contribution in [0, 0.1) is 0 Å². The third kappa shape index (κ3) is 3.18. The summed E-state index contributed by atoms with van der Waals surface area (Å²) < 4.78 is 0. The molecule has 3 aromatic rings. The summed E-state index contributed by atoms with van der Waals surface area (Å²) in [6, 6.07) is 15.2. The van der Waals surface area contributed by atoms with Gasteiger partial charge in [0, 0.05) is 27.7 Å². The highest BCUT2D eigenvalue weighted by atomic mass is 35.5. The fourth-order valence-electron chi connectivity index (χ4n) is 2.24. The van der Waals surface area contributed by atoms with Crippen LogP contribution in [0.15, 0.2) is 59.8 Å². The van der Waals surface area contributed by atoms with E-state index in [0.717, 1.165) is 22.0 Å². The number of carbonyl (C=O) groups excluding carboxylic acids is 1. The van der Waals surface area contributed by atoms with Gasteiger partial charge in [-0.1, -0.05) is 48.0 Å². The molecule has 22 heavy (non-hydrogen) atoms. The summed E-state index contributed by atoms with van der Waals surface area (Å²) in [6.07, 6.45) is 3.65. The molecule has 0 fully saturated rings. The van der Waals surface area contributed by atoms with E-state index < -0.39 is 0 Å². The number of halogens is 1. The zero-order chi connectivity index (χ0) is 15.4. The lowest BCUT2D eigenvalue weighted by Crippen LogP contribution is -2.19. The predicted molar refractivity (Wildman–Crippen MR) is 89.2 cm³/mol. The molecule has 0 spiro atoms. The molecule has 1 heterocycles. The van der Waals surface area contributed by atoms with Crippen molar-refractivity contribution >= 4 is 34.6 Å². The molecule has 5 heteroatoms. The molecule has 0 aliphatic carbocycles. The van der Waals surface area contributed by atoms with E-state index in [1.165, 1.54) is 6.21 Å². The average molecular weight is 312 g/mol. The summed E-state index contributed by atoms with van der Waals surface area (Å²) in [5.74, 6) is -0.173.